The highest BCUT2D eigenvalue weighted by molar-refractivity contribution is 7.89. The summed E-state index contributed by atoms with van der Waals surface area (Å²) in [6, 6.07) is 33.6. The number of ether oxygens (including phenoxy) is 1. The fraction of sp³-hybridized carbons (Fsp3) is 0.161. The van der Waals surface area contributed by atoms with E-state index in [1.165, 1.54) is 12.1 Å². The molecule has 0 aliphatic heterocycles. The molecule has 4 aromatic rings. The number of nitrogens with one attached hydrogen (secondary N) is 2. The summed E-state index contributed by atoms with van der Waals surface area (Å²) in [4.78, 5) is 26.2. The summed E-state index contributed by atoms with van der Waals surface area (Å²) in [5, 5.41) is 2.95. The first-order chi connectivity index (χ1) is 18.9. The summed E-state index contributed by atoms with van der Waals surface area (Å²) in [6.45, 7) is -0.134. The molecule has 7 nitrogen and oxygen atoms in total. The lowest BCUT2D eigenvalue weighted by Gasteiger charge is -2.22. The van der Waals surface area contributed by atoms with Crippen molar-refractivity contribution >= 4 is 21.9 Å². The highest BCUT2D eigenvalue weighted by Gasteiger charge is 2.28. The van der Waals surface area contributed by atoms with Gasteiger partial charge < -0.3 is 10.1 Å². The van der Waals surface area contributed by atoms with Crippen LogP contribution in [0.15, 0.2) is 126 Å². The van der Waals surface area contributed by atoms with Crippen molar-refractivity contribution in [2.45, 2.75) is 29.8 Å². The second kappa shape index (κ2) is 13.5. The van der Waals surface area contributed by atoms with Crippen molar-refractivity contribution in [2.24, 2.45) is 0 Å². The molecule has 39 heavy (non-hydrogen) atoms. The van der Waals surface area contributed by atoms with Crippen LogP contribution in [0.3, 0.4) is 0 Å². The maximum Gasteiger partial charge on any atom is 0.324 e. The van der Waals surface area contributed by atoms with Gasteiger partial charge in [-0.3, -0.25) is 9.59 Å². The quantitative estimate of drug-likeness (QED) is 0.262. The van der Waals surface area contributed by atoms with E-state index in [1.54, 1.807) is 42.5 Å². The predicted molar refractivity (Wildman–Crippen MR) is 149 cm³/mol. The van der Waals surface area contributed by atoms with Crippen molar-refractivity contribution in [1.29, 1.82) is 0 Å². The lowest BCUT2D eigenvalue weighted by atomic mass is 10.1. The van der Waals surface area contributed by atoms with E-state index in [2.05, 4.69) is 10.0 Å². The maximum absolute atomic E-state index is 13.3. The molecule has 4 rings (SSSR count). The molecule has 2 atom stereocenters. The minimum absolute atomic E-state index is 0.0490. The largest absolute Gasteiger partial charge is 0.462 e. The van der Waals surface area contributed by atoms with E-state index in [1.807, 2.05) is 66.7 Å². The second-order valence-electron chi connectivity index (χ2n) is 9.03. The van der Waals surface area contributed by atoms with Gasteiger partial charge in [0.05, 0.1) is 10.9 Å². The zero-order valence-corrected chi connectivity index (χ0v) is 22.1. The number of hydrogen-bond donors (Lipinski definition) is 2. The van der Waals surface area contributed by atoms with E-state index >= 15 is 0 Å². The monoisotopic (exact) mass is 542 g/mol. The Morgan fingerprint density at radius 3 is 1.72 bits per heavy atom. The Morgan fingerprint density at radius 1 is 0.667 bits per heavy atom. The first-order valence-corrected chi connectivity index (χ1v) is 14.1. The molecule has 0 fully saturated rings. The van der Waals surface area contributed by atoms with Gasteiger partial charge in [-0.2, -0.15) is 4.72 Å². The Kier molecular flexibility index (Phi) is 9.61. The van der Waals surface area contributed by atoms with Crippen LogP contribution >= 0.6 is 0 Å². The molecule has 0 saturated carbocycles. The van der Waals surface area contributed by atoms with Crippen molar-refractivity contribution in [3.63, 3.8) is 0 Å². The number of amides is 1. The molecule has 0 aliphatic carbocycles. The molecular formula is C31H30N2O5S. The lowest BCUT2D eigenvalue weighted by Crippen LogP contribution is -2.46. The first kappa shape index (κ1) is 27.8. The van der Waals surface area contributed by atoms with E-state index < -0.39 is 28.1 Å². The Labute approximate surface area is 228 Å². The SMILES string of the molecule is O=C(N[C@H](COC(=O)[C@@H](Cc1ccccc1)NS(=O)(=O)c1ccccc1)Cc1ccccc1)c1ccccc1. The van der Waals surface area contributed by atoms with Gasteiger partial charge in [0.2, 0.25) is 10.0 Å². The fourth-order valence-electron chi connectivity index (χ4n) is 4.07. The van der Waals surface area contributed by atoms with Gasteiger partial charge in [-0.1, -0.05) is 97.1 Å². The number of sulfonamides is 1. The van der Waals surface area contributed by atoms with Gasteiger partial charge in [-0.15, -0.1) is 0 Å². The van der Waals surface area contributed by atoms with E-state index in [4.69, 9.17) is 4.74 Å². The predicted octanol–water partition coefficient (Wildman–Crippen LogP) is 4.16. The molecule has 0 spiro atoms. The molecule has 0 bridgehead atoms. The topological polar surface area (TPSA) is 102 Å². The lowest BCUT2D eigenvalue weighted by molar-refractivity contribution is -0.146. The van der Waals surface area contributed by atoms with Gasteiger partial charge in [0.25, 0.3) is 5.91 Å². The minimum Gasteiger partial charge on any atom is -0.462 e. The zero-order valence-electron chi connectivity index (χ0n) is 21.3. The van der Waals surface area contributed by atoms with Crippen molar-refractivity contribution in [1.82, 2.24) is 10.0 Å². The number of esters is 1. The van der Waals surface area contributed by atoms with E-state index in [9.17, 15) is 18.0 Å². The number of benzene rings is 4. The minimum atomic E-state index is -3.99. The van der Waals surface area contributed by atoms with Crippen LogP contribution in [0.4, 0.5) is 0 Å². The van der Waals surface area contributed by atoms with Gasteiger partial charge >= 0.3 is 5.97 Å². The molecule has 2 N–H and O–H groups in total. The molecule has 0 aromatic heterocycles. The van der Waals surface area contributed by atoms with Gasteiger partial charge in [0.1, 0.15) is 12.6 Å². The van der Waals surface area contributed by atoms with Crippen molar-refractivity contribution < 1.29 is 22.7 Å². The Bertz CT molecular complexity index is 1450. The average Bonchev–Trinajstić information content (AvgIpc) is 2.97. The molecule has 200 valence electrons. The van der Waals surface area contributed by atoms with Crippen LogP contribution < -0.4 is 10.0 Å². The number of hydrogen-bond acceptors (Lipinski definition) is 5. The highest BCUT2D eigenvalue weighted by atomic mass is 32.2. The summed E-state index contributed by atoms with van der Waals surface area (Å²) in [5.74, 6) is -1.02. The van der Waals surface area contributed by atoms with Crippen LogP contribution in [-0.2, 0) is 32.4 Å². The molecule has 1 amide bonds. The molecule has 4 aromatic carbocycles. The van der Waals surface area contributed by atoms with Crippen LogP contribution in [0, 0.1) is 0 Å². The van der Waals surface area contributed by atoms with E-state index in [-0.39, 0.29) is 23.8 Å². The Morgan fingerprint density at radius 2 is 1.15 bits per heavy atom. The summed E-state index contributed by atoms with van der Waals surface area (Å²) in [7, 11) is -3.99. The van der Waals surface area contributed by atoms with Crippen molar-refractivity contribution in [3.05, 3.63) is 138 Å². The van der Waals surface area contributed by atoms with Crippen molar-refractivity contribution in [3.8, 4) is 0 Å². The molecule has 0 saturated heterocycles. The van der Waals surface area contributed by atoms with Gasteiger partial charge in [0, 0.05) is 5.56 Å². The summed E-state index contributed by atoms with van der Waals surface area (Å²) < 4.78 is 34.2. The second-order valence-corrected chi connectivity index (χ2v) is 10.7. The first-order valence-electron chi connectivity index (χ1n) is 12.6. The standard InChI is InChI=1S/C31H30N2O5S/c34-30(26-17-9-3-10-18-26)32-27(21-24-13-5-1-6-14-24)23-38-31(35)29(22-25-15-7-2-8-16-25)33-39(36,37)28-19-11-4-12-20-28/h1-20,27,29,33H,21-23H2,(H,32,34)/t27-,29+/m0/s1. The van der Waals surface area contributed by atoms with Crippen LogP contribution in [0.25, 0.3) is 0 Å². The molecule has 8 heteroatoms. The summed E-state index contributed by atoms with van der Waals surface area (Å²) in [6.07, 6.45) is 0.525. The van der Waals surface area contributed by atoms with E-state index in [0.29, 0.717) is 12.0 Å². The zero-order chi connectivity index (χ0) is 27.5. The number of rotatable bonds is 12. The smallest absolute Gasteiger partial charge is 0.324 e. The third kappa shape index (κ3) is 8.36. The maximum atomic E-state index is 13.3. The number of carbonyl (C=O) groups excluding carboxylic acids is 2. The molecular weight excluding hydrogens is 512 g/mol. The Hall–Kier alpha value is -4.27. The number of carbonyl (C=O) groups is 2. The summed E-state index contributed by atoms with van der Waals surface area (Å²) >= 11 is 0. The molecule has 0 radical (unpaired) electrons. The normalized spacial score (nSPS) is 12.7. The van der Waals surface area contributed by atoms with Crippen molar-refractivity contribution in [2.75, 3.05) is 6.61 Å². The third-order valence-electron chi connectivity index (χ3n) is 6.04. The summed E-state index contributed by atoms with van der Waals surface area (Å²) in [5.41, 5.74) is 2.21. The van der Waals surface area contributed by atoms with Crippen LogP contribution in [0.1, 0.15) is 21.5 Å². The van der Waals surface area contributed by atoms with E-state index in [0.717, 1.165) is 11.1 Å². The average molecular weight is 543 g/mol. The van der Waals surface area contributed by atoms with Gasteiger partial charge in [-0.05, 0) is 48.2 Å². The van der Waals surface area contributed by atoms with Crippen LogP contribution in [-0.4, -0.2) is 39.0 Å². The van der Waals surface area contributed by atoms with Crippen LogP contribution in [0.2, 0.25) is 0 Å². The van der Waals surface area contributed by atoms with Gasteiger partial charge in [0.15, 0.2) is 0 Å². The molecule has 0 unspecified atom stereocenters. The third-order valence-corrected chi connectivity index (χ3v) is 7.53. The molecule has 0 aliphatic rings. The van der Waals surface area contributed by atoms with Crippen LogP contribution in [0.5, 0.6) is 0 Å². The highest BCUT2D eigenvalue weighted by Crippen LogP contribution is 2.13. The molecule has 0 heterocycles. The fourth-order valence-corrected chi connectivity index (χ4v) is 5.28. The van der Waals surface area contributed by atoms with Gasteiger partial charge in [-0.25, -0.2) is 8.42 Å². The Balaban J connectivity index is 1.51.